The normalized spacial score (nSPS) is 12.5. The van der Waals surface area contributed by atoms with Crippen LogP contribution in [-0.2, 0) is 13.0 Å². The number of aromatic nitrogens is 1. The maximum Gasteiger partial charge on any atom is 0.129 e. The first-order valence-electron chi connectivity index (χ1n) is 6.54. The first kappa shape index (κ1) is 15.3. The van der Waals surface area contributed by atoms with E-state index in [-0.39, 0.29) is 0 Å². The molecule has 0 aliphatic carbocycles. The molecule has 18 heavy (non-hydrogen) atoms. The summed E-state index contributed by atoms with van der Waals surface area (Å²) in [4.78, 5) is 6.98. The summed E-state index contributed by atoms with van der Waals surface area (Å²) in [6, 6.07) is 4.71. The molecule has 1 rings (SSSR count). The van der Waals surface area contributed by atoms with Crippen LogP contribution in [0, 0.1) is 0 Å². The van der Waals surface area contributed by atoms with E-state index in [2.05, 4.69) is 44.2 Å². The van der Waals surface area contributed by atoms with E-state index in [1.54, 1.807) is 0 Å². The van der Waals surface area contributed by atoms with Crippen molar-refractivity contribution in [2.75, 3.05) is 24.0 Å². The minimum atomic E-state index is 0.481. The van der Waals surface area contributed by atoms with Gasteiger partial charge in [-0.25, -0.2) is 4.98 Å². The minimum Gasteiger partial charge on any atom is -0.356 e. The number of aryl methyl sites for hydroxylation is 1. The van der Waals surface area contributed by atoms with E-state index in [0.29, 0.717) is 12.6 Å². The standard InChI is InChI=1S/C14H25N3S/c1-5-6-13-7-12(9-15)8-14(16-13)17(3)11(2)10-18-4/h7-8,11H,5-6,9-10,15H2,1-4H3. The van der Waals surface area contributed by atoms with Gasteiger partial charge in [-0.3, -0.25) is 0 Å². The van der Waals surface area contributed by atoms with Crippen molar-refractivity contribution in [3.8, 4) is 0 Å². The number of thioether (sulfide) groups is 1. The summed E-state index contributed by atoms with van der Waals surface area (Å²) in [7, 11) is 2.11. The van der Waals surface area contributed by atoms with E-state index in [4.69, 9.17) is 10.7 Å². The number of nitrogens with zero attached hydrogens (tertiary/aromatic N) is 2. The predicted molar refractivity (Wildman–Crippen MR) is 82.4 cm³/mol. The van der Waals surface area contributed by atoms with Crippen molar-refractivity contribution in [2.45, 2.75) is 39.3 Å². The van der Waals surface area contributed by atoms with Gasteiger partial charge in [-0.2, -0.15) is 11.8 Å². The molecule has 0 spiro atoms. The van der Waals surface area contributed by atoms with E-state index in [9.17, 15) is 0 Å². The van der Waals surface area contributed by atoms with Gasteiger partial charge in [0, 0.05) is 31.1 Å². The highest BCUT2D eigenvalue weighted by Gasteiger charge is 2.12. The van der Waals surface area contributed by atoms with Crippen LogP contribution in [0.3, 0.4) is 0 Å². The average molecular weight is 267 g/mol. The Bertz CT molecular complexity index is 368. The molecule has 0 aromatic carbocycles. The van der Waals surface area contributed by atoms with E-state index < -0.39 is 0 Å². The Kier molecular flexibility index (Phi) is 6.50. The summed E-state index contributed by atoms with van der Waals surface area (Å²) in [6.07, 6.45) is 4.27. The zero-order valence-corrected chi connectivity index (χ0v) is 12.8. The molecular formula is C14H25N3S. The Balaban J connectivity index is 2.95. The quantitative estimate of drug-likeness (QED) is 0.825. The first-order valence-corrected chi connectivity index (χ1v) is 7.93. The van der Waals surface area contributed by atoms with Gasteiger partial charge >= 0.3 is 0 Å². The van der Waals surface area contributed by atoms with Crippen LogP contribution in [0.25, 0.3) is 0 Å². The van der Waals surface area contributed by atoms with Crippen LogP contribution in [-0.4, -0.2) is 30.1 Å². The molecule has 0 aliphatic heterocycles. The van der Waals surface area contributed by atoms with Gasteiger partial charge in [-0.05, 0) is 37.3 Å². The molecule has 1 aromatic heterocycles. The lowest BCUT2D eigenvalue weighted by atomic mass is 10.1. The zero-order valence-electron chi connectivity index (χ0n) is 11.9. The number of anilines is 1. The smallest absolute Gasteiger partial charge is 0.129 e. The predicted octanol–water partition coefficient (Wildman–Crippen LogP) is 2.68. The molecule has 0 saturated heterocycles. The third-order valence-electron chi connectivity index (χ3n) is 3.10. The molecule has 0 aliphatic rings. The highest BCUT2D eigenvalue weighted by Crippen LogP contribution is 2.18. The van der Waals surface area contributed by atoms with Crippen molar-refractivity contribution >= 4 is 17.6 Å². The van der Waals surface area contributed by atoms with Crippen molar-refractivity contribution < 1.29 is 0 Å². The van der Waals surface area contributed by atoms with Crippen LogP contribution in [0.2, 0.25) is 0 Å². The minimum absolute atomic E-state index is 0.481. The van der Waals surface area contributed by atoms with Crippen LogP contribution in [0.5, 0.6) is 0 Å². The fraction of sp³-hybridized carbons (Fsp3) is 0.643. The lowest BCUT2D eigenvalue weighted by molar-refractivity contribution is 0.745. The van der Waals surface area contributed by atoms with Gasteiger partial charge in [0.15, 0.2) is 0 Å². The number of nitrogens with two attached hydrogens (primary N) is 1. The fourth-order valence-electron chi connectivity index (χ4n) is 1.89. The maximum absolute atomic E-state index is 5.77. The molecule has 3 nitrogen and oxygen atoms in total. The number of hydrogen-bond donors (Lipinski definition) is 1. The van der Waals surface area contributed by atoms with Gasteiger partial charge in [-0.15, -0.1) is 0 Å². The molecule has 2 N–H and O–H groups in total. The molecule has 0 bridgehead atoms. The van der Waals surface area contributed by atoms with Crippen LogP contribution in [0.15, 0.2) is 12.1 Å². The summed E-state index contributed by atoms with van der Waals surface area (Å²) in [5.74, 6) is 2.15. The second-order valence-corrected chi connectivity index (χ2v) is 5.61. The molecule has 4 heteroatoms. The highest BCUT2D eigenvalue weighted by molar-refractivity contribution is 7.98. The van der Waals surface area contributed by atoms with Gasteiger partial charge < -0.3 is 10.6 Å². The number of rotatable bonds is 7. The molecule has 1 unspecified atom stereocenters. The fourth-order valence-corrected chi connectivity index (χ4v) is 2.60. The largest absolute Gasteiger partial charge is 0.356 e. The van der Waals surface area contributed by atoms with Crippen molar-refractivity contribution in [1.82, 2.24) is 4.98 Å². The molecule has 0 radical (unpaired) electrons. The first-order chi connectivity index (χ1) is 8.62. The maximum atomic E-state index is 5.77. The third kappa shape index (κ3) is 4.18. The number of pyridine rings is 1. The SMILES string of the molecule is CCCc1cc(CN)cc(N(C)C(C)CSC)n1. The summed E-state index contributed by atoms with van der Waals surface area (Å²) in [5.41, 5.74) is 8.09. The Morgan fingerprint density at radius 2 is 2.17 bits per heavy atom. The summed E-state index contributed by atoms with van der Waals surface area (Å²) >= 11 is 1.86. The summed E-state index contributed by atoms with van der Waals surface area (Å²) in [5, 5.41) is 0. The lowest BCUT2D eigenvalue weighted by Gasteiger charge is -2.26. The van der Waals surface area contributed by atoms with Crippen LogP contribution in [0.4, 0.5) is 5.82 Å². The highest BCUT2D eigenvalue weighted by atomic mass is 32.2. The van der Waals surface area contributed by atoms with Crippen molar-refractivity contribution in [3.05, 3.63) is 23.4 Å². The molecular weight excluding hydrogens is 242 g/mol. The van der Waals surface area contributed by atoms with Gasteiger partial charge in [0.2, 0.25) is 0 Å². The molecule has 1 atom stereocenters. The molecule has 1 heterocycles. The van der Waals surface area contributed by atoms with Crippen LogP contribution >= 0.6 is 11.8 Å². The topological polar surface area (TPSA) is 42.1 Å². The molecule has 0 saturated carbocycles. The van der Waals surface area contributed by atoms with Gasteiger partial charge in [0.25, 0.3) is 0 Å². The van der Waals surface area contributed by atoms with Gasteiger partial charge in [0.05, 0.1) is 0 Å². The number of hydrogen-bond acceptors (Lipinski definition) is 4. The lowest BCUT2D eigenvalue weighted by Crippen LogP contribution is -2.31. The van der Waals surface area contributed by atoms with Gasteiger partial charge in [-0.1, -0.05) is 13.3 Å². The summed E-state index contributed by atoms with van der Waals surface area (Å²) in [6.45, 7) is 4.99. The Hall–Kier alpha value is -0.740. The zero-order chi connectivity index (χ0) is 13.5. The summed E-state index contributed by atoms with van der Waals surface area (Å²) < 4.78 is 0. The monoisotopic (exact) mass is 267 g/mol. The van der Waals surface area contributed by atoms with E-state index in [0.717, 1.165) is 30.1 Å². The van der Waals surface area contributed by atoms with E-state index in [1.807, 2.05) is 11.8 Å². The molecule has 102 valence electrons. The second-order valence-electron chi connectivity index (χ2n) is 4.69. The van der Waals surface area contributed by atoms with Crippen LogP contribution in [0.1, 0.15) is 31.5 Å². The van der Waals surface area contributed by atoms with Crippen LogP contribution < -0.4 is 10.6 Å². The third-order valence-corrected chi connectivity index (χ3v) is 3.91. The Morgan fingerprint density at radius 3 is 2.72 bits per heavy atom. The molecule has 0 amide bonds. The molecule has 1 aromatic rings. The van der Waals surface area contributed by atoms with Crippen molar-refractivity contribution in [1.29, 1.82) is 0 Å². The van der Waals surface area contributed by atoms with E-state index in [1.165, 1.54) is 5.56 Å². The van der Waals surface area contributed by atoms with Crippen molar-refractivity contribution in [2.24, 2.45) is 5.73 Å². The molecule has 0 fully saturated rings. The van der Waals surface area contributed by atoms with Gasteiger partial charge in [0.1, 0.15) is 5.82 Å². The van der Waals surface area contributed by atoms with Crippen molar-refractivity contribution in [3.63, 3.8) is 0 Å². The Morgan fingerprint density at radius 1 is 1.44 bits per heavy atom. The average Bonchev–Trinajstić information content (AvgIpc) is 2.38. The van der Waals surface area contributed by atoms with E-state index >= 15 is 0 Å². The second kappa shape index (κ2) is 7.64. The Labute approximate surface area is 115 Å².